The molecule has 0 N–H and O–H groups in total. The molecule has 1 aliphatic carbocycles. The number of carbonyl (C=O) groups is 1. The Labute approximate surface area is 131 Å². The van der Waals surface area contributed by atoms with Crippen LogP contribution in [0.3, 0.4) is 0 Å². The molecule has 4 heteroatoms. The second kappa shape index (κ2) is 5.54. The number of ether oxygens (including phenoxy) is 1. The predicted octanol–water partition coefficient (Wildman–Crippen LogP) is 4.54. The van der Waals surface area contributed by atoms with Crippen molar-refractivity contribution >= 4 is 14.3 Å². The molecule has 0 unspecified atom stereocenters. The van der Waals surface area contributed by atoms with E-state index in [0.29, 0.717) is 6.61 Å². The van der Waals surface area contributed by atoms with Gasteiger partial charge in [0.15, 0.2) is 8.32 Å². The molecular formula is C17H32O3Si. The van der Waals surface area contributed by atoms with Gasteiger partial charge in [-0.15, -0.1) is 6.58 Å². The lowest BCUT2D eigenvalue weighted by Crippen LogP contribution is -2.44. The number of carbonyl (C=O) groups excluding carboxylic acids is 1. The van der Waals surface area contributed by atoms with E-state index in [0.717, 1.165) is 6.42 Å². The largest absolute Gasteiger partial charge is 0.459 e. The summed E-state index contributed by atoms with van der Waals surface area (Å²) in [5.41, 5.74) is -0.972. The maximum Gasteiger partial charge on any atom is 0.315 e. The molecule has 1 rings (SSSR count). The molecule has 3 nitrogen and oxygen atoms in total. The van der Waals surface area contributed by atoms with Crippen LogP contribution >= 0.6 is 0 Å². The Morgan fingerprint density at radius 2 is 1.81 bits per heavy atom. The monoisotopic (exact) mass is 312 g/mol. The van der Waals surface area contributed by atoms with Gasteiger partial charge in [-0.3, -0.25) is 4.79 Å². The van der Waals surface area contributed by atoms with Crippen LogP contribution in [0.4, 0.5) is 0 Å². The van der Waals surface area contributed by atoms with E-state index >= 15 is 0 Å². The lowest BCUT2D eigenvalue weighted by atomic mass is 10.0. The Hall–Kier alpha value is -0.613. The van der Waals surface area contributed by atoms with Crippen LogP contribution in [0.25, 0.3) is 0 Å². The van der Waals surface area contributed by atoms with Gasteiger partial charge in [0.25, 0.3) is 0 Å². The quantitative estimate of drug-likeness (QED) is 0.425. The van der Waals surface area contributed by atoms with E-state index in [1.807, 2.05) is 26.8 Å². The molecule has 0 aromatic heterocycles. The van der Waals surface area contributed by atoms with E-state index in [4.69, 9.17) is 9.16 Å². The molecule has 0 bridgehead atoms. The van der Waals surface area contributed by atoms with Crippen LogP contribution in [0.1, 0.15) is 48.0 Å². The molecule has 0 radical (unpaired) electrons. The molecule has 0 heterocycles. The molecule has 21 heavy (non-hydrogen) atoms. The van der Waals surface area contributed by atoms with Crippen LogP contribution in [0, 0.1) is 11.3 Å². The second-order valence-electron chi connectivity index (χ2n) is 8.75. The minimum Gasteiger partial charge on any atom is -0.459 e. The van der Waals surface area contributed by atoms with E-state index in [-0.39, 0.29) is 16.9 Å². The maximum absolute atomic E-state index is 12.5. The maximum atomic E-state index is 12.5. The van der Waals surface area contributed by atoms with Gasteiger partial charge in [0.05, 0.1) is 12.0 Å². The minimum absolute atomic E-state index is 0.140. The molecule has 122 valence electrons. The van der Waals surface area contributed by atoms with Gasteiger partial charge in [0, 0.05) is 0 Å². The first-order valence-corrected chi connectivity index (χ1v) is 10.7. The average molecular weight is 313 g/mol. The summed E-state index contributed by atoms with van der Waals surface area (Å²) in [6.07, 6.45) is 2.65. The number of allylic oxidation sites excluding steroid dienone is 1. The zero-order valence-electron chi connectivity index (χ0n) is 15.0. The van der Waals surface area contributed by atoms with E-state index in [1.165, 1.54) is 0 Å². The van der Waals surface area contributed by atoms with Crippen molar-refractivity contribution < 1.29 is 14.0 Å². The summed E-state index contributed by atoms with van der Waals surface area (Å²) in [4.78, 5) is 12.5. The number of hydrogen-bond acceptors (Lipinski definition) is 3. The number of esters is 1. The summed E-state index contributed by atoms with van der Waals surface area (Å²) in [7, 11) is -1.86. The minimum atomic E-state index is -1.86. The SMILES string of the molecule is C=C[C@H]1C[C@@]1(CO[Si](C)(C)C(C)(C)C)C(=O)OC(C)(C)C. The van der Waals surface area contributed by atoms with Crippen molar-refractivity contribution in [3.8, 4) is 0 Å². The summed E-state index contributed by atoms with van der Waals surface area (Å²) in [5, 5.41) is 0.140. The van der Waals surface area contributed by atoms with Crippen molar-refractivity contribution in [1.82, 2.24) is 0 Å². The van der Waals surface area contributed by atoms with Crippen molar-refractivity contribution in [3.05, 3.63) is 12.7 Å². The fraction of sp³-hybridized carbons (Fsp3) is 0.824. The van der Waals surface area contributed by atoms with E-state index in [1.54, 1.807) is 0 Å². The highest BCUT2D eigenvalue weighted by Gasteiger charge is 2.61. The Balaban J connectivity index is 2.81. The first-order chi connectivity index (χ1) is 9.25. The van der Waals surface area contributed by atoms with Crippen LogP contribution in [0.2, 0.25) is 18.1 Å². The highest BCUT2D eigenvalue weighted by molar-refractivity contribution is 6.74. The zero-order chi connectivity index (χ0) is 16.7. The third-order valence-corrected chi connectivity index (χ3v) is 9.20. The van der Waals surface area contributed by atoms with E-state index in [9.17, 15) is 4.79 Å². The van der Waals surface area contributed by atoms with Gasteiger partial charge in [-0.1, -0.05) is 26.8 Å². The molecule has 0 aromatic carbocycles. The van der Waals surface area contributed by atoms with Crippen molar-refractivity contribution in [1.29, 1.82) is 0 Å². The summed E-state index contributed by atoms with van der Waals surface area (Å²) in [6, 6.07) is 0. The zero-order valence-corrected chi connectivity index (χ0v) is 16.0. The summed E-state index contributed by atoms with van der Waals surface area (Å²) in [5.74, 6) is 0.0377. The third kappa shape index (κ3) is 4.19. The Morgan fingerprint density at radius 1 is 1.29 bits per heavy atom. The molecule has 2 atom stereocenters. The van der Waals surface area contributed by atoms with E-state index in [2.05, 4.69) is 40.4 Å². The van der Waals surface area contributed by atoms with Crippen molar-refractivity contribution in [2.75, 3.05) is 6.61 Å². The summed E-state index contributed by atoms with van der Waals surface area (Å²) < 4.78 is 11.9. The van der Waals surface area contributed by atoms with Gasteiger partial charge in [0.1, 0.15) is 5.60 Å². The standard InChI is InChI=1S/C17H32O3Si/c1-10-13-11-17(13,14(18)20-15(2,3)4)12-19-21(8,9)16(5,6)7/h10,13H,1,11-12H2,2-9H3/t13-,17-/m0/s1. The molecule has 0 saturated heterocycles. The fourth-order valence-electron chi connectivity index (χ4n) is 2.01. The normalized spacial score (nSPS) is 26.4. The van der Waals surface area contributed by atoms with Crippen LogP contribution < -0.4 is 0 Å². The Kier molecular flexibility index (Phi) is 4.87. The lowest BCUT2D eigenvalue weighted by Gasteiger charge is -2.37. The summed E-state index contributed by atoms with van der Waals surface area (Å²) in [6.45, 7) is 21.0. The van der Waals surface area contributed by atoms with E-state index < -0.39 is 19.3 Å². The highest BCUT2D eigenvalue weighted by atomic mass is 28.4. The van der Waals surface area contributed by atoms with Crippen molar-refractivity contribution in [2.45, 2.75) is 71.7 Å². The third-order valence-electron chi connectivity index (χ3n) is 4.72. The predicted molar refractivity (Wildman–Crippen MR) is 89.7 cm³/mol. The topological polar surface area (TPSA) is 35.5 Å². The first kappa shape index (κ1) is 18.4. The van der Waals surface area contributed by atoms with Gasteiger partial charge in [-0.05, 0) is 51.2 Å². The van der Waals surface area contributed by atoms with Crippen molar-refractivity contribution in [3.63, 3.8) is 0 Å². The summed E-state index contributed by atoms with van der Waals surface area (Å²) >= 11 is 0. The molecule has 1 aliphatic rings. The second-order valence-corrected chi connectivity index (χ2v) is 13.6. The van der Waals surface area contributed by atoms with Crippen LogP contribution in [-0.2, 0) is 14.0 Å². The number of rotatable bonds is 5. The number of hydrogen-bond donors (Lipinski definition) is 0. The molecule has 1 fully saturated rings. The van der Waals surface area contributed by atoms with Crippen LogP contribution in [0.5, 0.6) is 0 Å². The molecule has 1 saturated carbocycles. The Bertz CT molecular complexity index is 415. The van der Waals surface area contributed by atoms with Gasteiger partial charge in [-0.2, -0.15) is 0 Å². The highest BCUT2D eigenvalue weighted by Crippen LogP contribution is 2.55. The molecule has 0 aliphatic heterocycles. The lowest BCUT2D eigenvalue weighted by molar-refractivity contribution is -0.163. The fourth-order valence-corrected chi connectivity index (χ4v) is 3.06. The molecule has 0 aromatic rings. The Morgan fingerprint density at radius 3 is 2.14 bits per heavy atom. The van der Waals surface area contributed by atoms with Crippen molar-refractivity contribution in [2.24, 2.45) is 11.3 Å². The van der Waals surface area contributed by atoms with Crippen LogP contribution in [-0.4, -0.2) is 26.5 Å². The molecular weight excluding hydrogens is 280 g/mol. The van der Waals surface area contributed by atoms with Gasteiger partial charge in [0.2, 0.25) is 0 Å². The average Bonchev–Trinajstić information content (AvgIpc) is 2.98. The smallest absolute Gasteiger partial charge is 0.315 e. The first-order valence-electron chi connectivity index (χ1n) is 7.75. The van der Waals surface area contributed by atoms with Gasteiger partial charge in [-0.25, -0.2) is 0 Å². The van der Waals surface area contributed by atoms with Gasteiger partial charge >= 0.3 is 5.97 Å². The molecule has 0 amide bonds. The van der Waals surface area contributed by atoms with Gasteiger partial charge < -0.3 is 9.16 Å². The molecule has 0 spiro atoms. The van der Waals surface area contributed by atoms with Crippen LogP contribution in [0.15, 0.2) is 12.7 Å².